The molecule has 0 aliphatic carbocycles. The fraction of sp³-hybridized carbons (Fsp3) is 0.389. The summed E-state index contributed by atoms with van der Waals surface area (Å²) in [5.74, 6) is -0.502. The molecule has 4 bridgehead atoms. The van der Waals surface area contributed by atoms with Gasteiger partial charge in [-0.3, -0.25) is 0 Å². The minimum atomic E-state index is -3.57. The van der Waals surface area contributed by atoms with Gasteiger partial charge in [0.1, 0.15) is 0 Å². The Kier molecular flexibility index (Phi) is 6.60. The predicted octanol–water partition coefficient (Wildman–Crippen LogP) is 8.28. The molecule has 0 unspecified atom stereocenters. The van der Waals surface area contributed by atoms with Gasteiger partial charge in [-0.2, -0.15) is 0 Å². The predicted molar refractivity (Wildman–Crippen MR) is 176 cm³/mol. The Morgan fingerprint density at radius 3 is 1.36 bits per heavy atom. The van der Waals surface area contributed by atoms with Crippen molar-refractivity contribution in [3.8, 4) is 0 Å². The van der Waals surface area contributed by atoms with Crippen LogP contribution < -0.4 is 0 Å². The first-order valence-electron chi connectivity index (χ1n) is 14.8. The Morgan fingerprint density at radius 1 is 0.548 bits per heavy atom. The number of hydrogen-bond donors (Lipinski definition) is 0. The van der Waals surface area contributed by atoms with E-state index in [0.29, 0.717) is 17.5 Å². The molecule has 6 rings (SSSR count). The second-order valence-corrected chi connectivity index (χ2v) is 18.4. The lowest BCUT2D eigenvalue weighted by atomic mass is 9.82. The van der Waals surface area contributed by atoms with Gasteiger partial charge in [-0.05, 0) is 88.5 Å². The van der Waals surface area contributed by atoms with Crippen LogP contribution in [0.1, 0.15) is 87.4 Å². The van der Waals surface area contributed by atoms with Crippen molar-refractivity contribution in [1.82, 2.24) is 0 Å². The van der Waals surface area contributed by atoms with Crippen LogP contribution in [0.4, 0.5) is 0 Å². The minimum absolute atomic E-state index is 0.0310. The summed E-state index contributed by atoms with van der Waals surface area (Å²) in [5, 5.41) is 5.96. The smallest absolute Gasteiger partial charge is 0.158 e. The van der Waals surface area contributed by atoms with E-state index in [4.69, 9.17) is 0 Å². The molecule has 0 aromatic heterocycles. The zero-order chi connectivity index (χ0) is 30.4. The molecule has 1 heterocycles. The highest BCUT2D eigenvalue weighted by Crippen LogP contribution is 2.42. The summed E-state index contributed by atoms with van der Waals surface area (Å²) in [6.45, 7) is 14.8. The van der Waals surface area contributed by atoms with Crippen LogP contribution in [0.25, 0.3) is 32.3 Å². The highest BCUT2D eigenvalue weighted by molar-refractivity contribution is 7.90. The second kappa shape index (κ2) is 9.52. The summed E-state index contributed by atoms with van der Waals surface area (Å²) >= 11 is 0. The van der Waals surface area contributed by atoms with Gasteiger partial charge < -0.3 is 0 Å². The molecular weight excluding hydrogens is 561 g/mol. The van der Waals surface area contributed by atoms with Gasteiger partial charge in [0.25, 0.3) is 0 Å². The van der Waals surface area contributed by atoms with E-state index in [1.54, 1.807) is 0 Å². The van der Waals surface area contributed by atoms with Crippen LogP contribution in [0.15, 0.2) is 54.6 Å². The summed E-state index contributed by atoms with van der Waals surface area (Å²) in [7, 11) is -7.14. The quantitative estimate of drug-likeness (QED) is 0.182. The van der Waals surface area contributed by atoms with Gasteiger partial charge in [0.05, 0.1) is 23.0 Å². The zero-order valence-corrected chi connectivity index (χ0v) is 27.3. The molecule has 1 aliphatic rings. The molecule has 42 heavy (non-hydrogen) atoms. The van der Waals surface area contributed by atoms with Crippen LogP contribution in [0.3, 0.4) is 0 Å². The van der Waals surface area contributed by atoms with Crippen molar-refractivity contribution in [2.24, 2.45) is 0 Å². The van der Waals surface area contributed by atoms with E-state index in [1.165, 1.54) is 5.56 Å². The molecule has 0 fully saturated rings. The number of hydrogen-bond acceptors (Lipinski definition) is 4. The number of fused-ring (bicyclic) bond motifs is 6. The normalized spacial score (nSPS) is 17.4. The molecule has 0 amide bonds. The SMILES string of the molecule is CCc1c2cc(C(C)(C)C)cc1CS(=O)(=O)Cc1cc(c3ccc4cc(C(C)(C)C)cc5ccc1c3c45)CS(=O)(=O)C2. The molecule has 0 spiro atoms. The number of rotatable bonds is 1. The van der Waals surface area contributed by atoms with Crippen molar-refractivity contribution in [3.63, 3.8) is 0 Å². The van der Waals surface area contributed by atoms with Gasteiger partial charge >= 0.3 is 0 Å². The van der Waals surface area contributed by atoms with Crippen molar-refractivity contribution >= 4 is 52.0 Å². The minimum Gasteiger partial charge on any atom is -0.228 e. The van der Waals surface area contributed by atoms with E-state index < -0.39 is 19.7 Å². The first kappa shape index (κ1) is 29.1. The van der Waals surface area contributed by atoms with E-state index >= 15 is 0 Å². The number of sulfone groups is 2. The van der Waals surface area contributed by atoms with Crippen molar-refractivity contribution in [3.05, 3.63) is 93.5 Å². The molecule has 0 N–H and O–H groups in total. The van der Waals surface area contributed by atoms with Crippen LogP contribution in [0.5, 0.6) is 0 Å². The van der Waals surface area contributed by atoms with Gasteiger partial charge in [-0.1, -0.05) is 103 Å². The average molecular weight is 601 g/mol. The molecule has 5 aromatic carbocycles. The van der Waals surface area contributed by atoms with Crippen molar-refractivity contribution in [2.75, 3.05) is 0 Å². The van der Waals surface area contributed by atoms with Gasteiger partial charge in [0, 0.05) is 0 Å². The first-order valence-corrected chi connectivity index (χ1v) is 18.4. The summed E-state index contributed by atoms with van der Waals surface area (Å²) in [5.41, 5.74) is 5.55. The van der Waals surface area contributed by atoms with E-state index in [1.807, 2.05) is 37.3 Å². The molecule has 5 aromatic rings. The number of benzene rings is 5. The third-order valence-corrected chi connectivity index (χ3v) is 11.9. The molecule has 0 atom stereocenters. The van der Waals surface area contributed by atoms with Gasteiger partial charge in [0.2, 0.25) is 0 Å². The lowest BCUT2D eigenvalue weighted by Gasteiger charge is -2.25. The van der Waals surface area contributed by atoms with E-state index in [0.717, 1.165) is 54.6 Å². The van der Waals surface area contributed by atoms with Crippen molar-refractivity contribution in [2.45, 2.75) is 88.7 Å². The molecule has 220 valence electrons. The molecule has 6 heteroatoms. The Bertz CT molecular complexity index is 1980. The second-order valence-electron chi connectivity index (χ2n) is 14.3. The lowest BCUT2D eigenvalue weighted by molar-refractivity contribution is 0.584. The topological polar surface area (TPSA) is 68.3 Å². The van der Waals surface area contributed by atoms with Crippen LogP contribution in [0.2, 0.25) is 0 Å². The lowest BCUT2D eigenvalue weighted by Crippen LogP contribution is -2.19. The first-order chi connectivity index (χ1) is 19.5. The Balaban J connectivity index is 1.65. The van der Waals surface area contributed by atoms with Gasteiger partial charge in [0.15, 0.2) is 19.7 Å². The van der Waals surface area contributed by atoms with Crippen molar-refractivity contribution < 1.29 is 16.8 Å². The molecule has 0 radical (unpaired) electrons. The largest absolute Gasteiger partial charge is 0.228 e. The van der Waals surface area contributed by atoms with E-state index in [-0.39, 0.29) is 33.8 Å². The maximum absolute atomic E-state index is 14.0. The summed E-state index contributed by atoms with van der Waals surface area (Å²) in [6, 6.07) is 18.5. The monoisotopic (exact) mass is 600 g/mol. The Morgan fingerprint density at radius 2 is 0.952 bits per heavy atom. The fourth-order valence-electron chi connectivity index (χ4n) is 6.73. The van der Waals surface area contributed by atoms with Crippen LogP contribution in [-0.2, 0) is 59.9 Å². The Labute approximate surface area is 250 Å². The molecule has 4 nitrogen and oxygen atoms in total. The van der Waals surface area contributed by atoms with E-state index in [9.17, 15) is 16.8 Å². The van der Waals surface area contributed by atoms with Crippen molar-refractivity contribution in [1.29, 1.82) is 0 Å². The van der Waals surface area contributed by atoms with Gasteiger partial charge in [-0.25, -0.2) is 16.8 Å². The summed E-state index contributed by atoms with van der Waals surface area (Å²) < 4.78 is 55.8. The summed E-state index contributed by atoms with van der Waals surface area (Å²) in [6.07, 6.45) is 0.577. The standard InChI is InChI=1S/C36H40O4S2/c1-8-30-26-16-29(36(5,6)7)17-27(30)21-42(39,40)19-25-13-24(18-41(37,38)20-26)31-11-9-22-14-28(35(2,3)4)15-23-10-12-32(25)34(31)33(22)23/h9-17H,8,18-21H2,1-7H3. The molecular formula is C36H40O4S2. The van der Waals surface area contributed by atoms with Gasteiger partial charge in [-0.15, -0.1) is 0 Å². The maximum atomic E-state index is 14.0. The van der Waals surface area contributed by atoms with Crippen LogP contribution >= 0.6 is 0 Å². The molecule has 0 saturated carbocycles. The van der Waals surface area contributed by atoms with E-state index in [2.05, 4.69) is 65.8 Å². The molecule has 0 saturated heterocycles. The summed E-state index contributed by atoms with van der Waals surface area (Å²) in [4.78, 5) is 0. The third-order valence-electron chi connectivity index (χ3n) is 8.91. The Hall–Kier alpha value is -2.96. The van der Waals surface area contributed by atoms with Crippen LogP contribution in [-0.4, -0.2) is 16.8 Å². The zero-order valence-electron chi connectivity index (χ0n) is 25.7. The molecule has 1 aliphatic heterocycles. The van der Waals surface area contributed by atoms with Crippen LogP contribution in [0, 0.1) is 0 Å². The third kappa shape index (κ3) is 5.11. The average Bonchev–Trinajstić information content (AvgIpc) is 2.85. The fourth-order valence-corrected chi connectivity index (χ4v) is 9.82. The highest BCUT2D eigenvalue weighted by Gasteiger charge is 2.28. The maximum Gasteiger partial charge on any atom is 0.158 e. The highest BCUT2D eigenvalue weighted by atomic mass is 32.2.